The maximum Gasteiger partial charge on any atom is 0.125 e. The van der Waals surface area contributed by atoms with Crippen LogP contribution in [0.5, 0.6) is 5.75 Å². The van der Waals surface area contributed by atoms with Crippen molar-refractivity contribution in [1.29, 1.82) is 0 Å². The van der Waals surface area contributed by atoms with Gasteiger partial charge >= 0.3 is 0 Å². The largest absolute Gasteiger partial charge is 0.507 e. The van der Waals surface area contributed by atoms with Crippen molar-refractivity contribution in [3.8, 4) is 16.9 Å². The monoisotopic (exact) mass is 399 g/mol. The third-order valence-electron chi connectivity index (χ3n) is 5.40. The number of fused-ring (bicyclic) bond motifs is 6. The Kier molecular flexibility index (Phi) is 3.28. The average molecular weight is 400 g/mol. The molecule has 2 nitrogen and oxygen atoms in total. The first-order chi connectivity index (χ1) is 13.7. The second-order valence-corrected chi connectivity index (χ2v) is 8.41. The molecule has 2 heterocycles. The van der Waals surface area contributed by atoms with Gasteiger partial charge in [0.15, 0.2) is 0 Å². The summed E-state index contributed by atoms with van der Waals surface area (Å²) in [4.78, 5) is 3.51. The van der Waals surface area contributed by atoms with Gasteiger partial charge in [-0.05, 0) is 30.3 Å². The number of hydrogen-bond acceptors (Lipinski definition) is 2. The summed E-state index contributed by atoms with van der Waals surface area (Å²) in [5.41, 5.74) is 4.15. The van der Waals surface area contributed by atoms with Crippen LogP contribution in [0.4, 0.5) is 0 Å². The molecule has 4 aromatic carbocycles. The lowest BCUT2D eigenvalue weighted by molar-refractivity contribution is 0.482. The molecule has 0 saturated heterocycles. The van der Waals surface area contributed by atoms with Crippen LogP contribution in [0.25, 0.3) is 53.1 Å². The third kappa shape index (κ3) is 2.09. The number of benzene rings is 4. The van der Waals surface area contributed by atoms with Crippen molar-refractivity contribution < 1.29 is 5.11 Å². The fraction of sp³-hybridized carbons (Fsp3) is 0. The molecule has 0 aliphatic heterocycles. The van der Waals surface area contributed by atoms with E-state index >= 15 is 0 Å². The zero-order valence-corrected chi connectivity index (χ0v) is 16.2. The van der Waals surface area contributed by atoms with Crippen LogP contribution in [-0.4, -0.2) is 10.1 Å². The number of aromatic amines is 1. The minimum Gasteiger partial charge on any atom is -0.507 e. The van der Waals surface area contributed by atoms with E-state index < -0.39 is 0 Å². The van der Waals surface area contributed by atoms with Crippen LogP contribution in [0, 0.1) is 0 Å². The van der Waals surface area contributed by atoms with Gasteiger partial charge in [0.2, 0.25) is 0 Å². The van der Waals surface area contributed by atoms with E-state index in [1.54, 1.807) is 17.4 Å². The number of hydrogen-bond donors (Lipinski definition) is 2. The molecule has 0 aliphatic carbocycles. The molecular weight excluding hydrogens is 386 g/mol. The van der Waals surface area contributed by atoms with E-state index in [0.717, 1.165) is 43.3 Å². The lowest BCUT2D eigenvalue weighted by Crippen LogP contribution is -1.82. The Hall–Kier alpha value is -3.01. The molecule has 6 aromatic rings. The van der Waals surface area contributed by atoms with Gasteiger partial charge in [-0.15, -0.1) is 11.3 Å². The molecule has 0 radical (unpaired) electrons. The molecule has 134 valence electrons. The molecule has 2 aromatic heterocycles. The first kappa shape index (κ1) is 16.0. The maximum absolute atomic E-state index is 10.6. The number of phenolic OH excluding ortho intramolecular Hbond substituents is 1. The molecule has 0 saturated carbocycles. The molecule has 4 heteroatoms. The van der Waals surface area contributed by atoms with Gasteiger partial charge in [-0.3, -0.25) is 0 Å². The van der Waals surface area contributed by atoms with Crippen LogP contribution in [0.15, 0.2) is 72.8 Å². The molecule has 0 unspecified atom stereocenters. The molecule has 0 amide bonds. The smallest absolute Gasteiger partial charge is 0.125 e. The van der Waals surface area contributed by atoms with Crippen molar-refractivity contribution in [3.05, 3.63) is 77.8 Å². The molecular formula is C24H14ClNOS. The Morgan fingerprint density at radius 3 is 2.39 bits per heavy atom. The number of phenols is 1. The Balaban J connectivity index is 1.78. The third-order valence-corrected chi connectivity index (χ3v) is 6.92. The zero-order chi connectivity index (χ0) is 18.8. The maximum atomic E-state index is 10.6. The number of H-pyrrole nitrogens is 1. The van der Waals surface area contributed by atoms with Gasteiger partial charge in [0.05, 0.1) is 5.52 Å². The van der Waals surface area contributed by atoms with Crippen LogP contribution in [0.1, 0.15) is 0 Å². The summed E-state index contributed by atoms with van der Waals surface area (Å²) in [6.45, 7) is 0. The topological polar surface area (TPSA) is 36.0 Å². The first-order valence-electron chi connectivity index (χ1n) is 9.05. The number of para-hydroxylation sites is 1. The van der Waals surface area contributed by atoms with Crippen molar-refractivity contribution in [2.45, 2.75) is 0 Å². The van der Waals surface area contributed by atoms with Crippen LogP contribution < -0.4 is 0 Å². The fourth-order valence-electron chi connectivity index (χ4n) is 4.16. The summed E-state index contributed by atoms with van der Waals surface area (Å²) in [5, 5.41) is 15.5. The van der Waals surface area contributed by atoms with Crippen LogP contribution in [0.3, 0.4) is 0 Å². The van der Waals surface area contributed by atoms with Gasteiger partial charge in [0.25, 0.3) is 0 Å². The molecule has 0 spiro atoms. The standard InChI is InChI=1S/C24H14ClNOS/c25-17-11-9-14(24-21(17)16-6-2-4-8-20(16)28-24)13-10-12-19(27)22-15-5-1-3-7-18(15)26-23(13)22/h1-12,26-27H. The van der Waals surface area contributed by atoms with Crippen molar-refractivity contribution in [1.82, 2.24) is 4.98 Å². The highest BCUT2D eigenvalue weighted by molar-refractivity contribution is 7.26. The molecule has 0 fully saturated rings. The number of halogens is 1. The van der Waals surface area contributed by atoms with Gasteiger partial charge in [-0.1, -0.05) is 54.1 Å². The summed E-state index contributed by atoms with van der Waals surface area (Å²) in [6, 6.07) is 24.3. The number of nitrogens with one attached hydrogen (secondary N) is 1. The van der Waals surface area contributed by atoms with Gasteiger partial charge in [-0.2, -0.15) is 0 Å². The second kappa shape index (κ2) is 5.74. The van der Waals surface area contributed by atoms with E-state index in [4.69, 9.17) is 11.6 Å². The molecule has 0 bridgehead atoms. The molecule has 28 heavy (non-hydrogen) atoms. The normalized spacial score (nSPS) is 11.9. The number of thiophene rings is 1. The summed E-state index contributed by atoms with van der Waals surface area (Å²) in [5.74, 6) is 0.290. The van der Waals surface area contributed by atoms with Crippen molar-refractivity contribution in [2.24, 2.45) is 0 Å². The van der Waals surface area contributed by atoms with Gasteiger partial charge in [-0.25, -0.2) is 0 Å². The second-order valence-electron chi connectivity index (χ2n) is 6.95. The zero-order valence-electron chi connectivity index (χ0n) is 14.7. The SMILES string of the molecule is Oc1ccc(-c2ccc(Cl)c3c2sc2ccccc23)c2[nH]c3ccccc3c12. The lowest BCUT2D eigenvalue weighted by atomic mass is 9.99. The lowest BCUT2D eigenvalue weighted by Gasteiger charge is -2.08. The summed E-state index contributed by atoms with van der Waals surface area (Å²) in [6.07, 6.45) is 0. The van der Waals surface area contributed by atoms with E-state index in [9.17, 15) is 5.11 Å². The summed E-state index contributed by atoms with van der Waals surface area (Å²) >= 11 is 8.36. The number of rotatable bonds is 1. The Morgan fingerprint density at radius 2 is 1.50 bits per heavy atom. The van der Waals surface area contributed by atoms with E-state index in [-0.39, 0.29) is 5.75 Å². The average Bonchev–Trinajstić information content (AvgIpc) is 3.29. The predicted octanol–water partition coefficient (Wildman–Crippen LogP) is 7.72. The van der Waals surface area contributed by atoms with E-state index in [1.807, 2.05) is 42.5 Å². The Morgan fingerprint density at radius 1 is 0.750 bits per heavy atom. The molecule has 6 rings (SSSR count). The summed E-state index contributed by atoms with van der Waals surface area (Å²) < 4.78 is 2.39. The molecule has 0 atom stereocenters. The Bertz CT molecular complexity index is 1430. The van der Waals surface area contributed by atoms with Crippen LogP contribution in [0.2, 0.25) is 5.02 Å². The number of aromatic nitrogens is 1. The molecule has 0 aliphatic rings. The van der Waals surface area contributed by atoms with E-state index in [0.29, 0.717) is 0 Å². The van der Waals surface area contributed by atoms with Crippen molar-refractivity contribution in [2.75, 3.05) is 0 Å². The van der Waals surface area contributed by atoms with Gasteiger partial charge in [0, 0.05) is 52.6 Å². The van der Waals surface area contributed by atoms with E-state index in [1.165, 1.54) is 14.8 Å². The van der Waals surface area contributed by atoms with Gasteiger partial charge in [0.1, 0.15) is 5.75 Å². The van der Waals surface area contributed by atoms with Gasteiger partial charge < -0.3 is 10.1 Å². The Labute approximate surface area is 169 Å². The number of aromatic hydroxyl groups is 1. The highest BCUT2D eigenvalue weighted by Crippen LogP contribution is 2.46. The quantitative estimate of drug-likeness (QED) is 0.291. The predicted molar refractivity (Wildman–Crippen MR) is 121 cm³/mol. The molecule has 2 N–H and O–H groups in total. The summed E-state index contributed by atoms with van der Waals surface area (Å²) in [7, 11) is 0. The van der Waals surface area contributed by atoms with E-state index in [2.05, 4.69) is 29.2 Å². The minimum absolute atomic E-state index is 0.290. The van der Waals surface area contributed by atoms with Crippen molar-refractivity contribution >= 4 is 64.9 Å². The highest BCUT2D eigenvalue weighted by Gasteiger charge is 2.18. The van der Waals surface area contributed by atoms with Crippen LogP contribution in [-0.2, 0) is 0 Å². The fourth-order valence-corrected chi connectivity index (χ4v) is 5.74. The minimum atomic E-state index is 0.290. The van der Waals surface area contributed by atoms with Crippen molar-refractivity contribution in [3.63, 3.8) is 0 Å². The highest BCUT2D eigenvalue weighted by atomic mass is 35.5. The van der Waals surface area contributed by atoms with Crippen LogP contribution >= 0.6 is 22.9 Å². The first-order valence-corrected chi connectivity index (χ1v) is 10.2.